The van der Waals surface area contributed by atoms with Crippen LogP contribution in [0.5, 0.6) is 5.88 Å². The van der Waals surface area contributed by atoms with E-state index in [0.717, 1.165) is 11.1 Å². The first-order chi connectivity index (χ1) is 13.9. The first-order valence-electron chi connectivity index (χ1n) is 9.49. The number of nitrogens with zero attached hydrogens (tertiary/aromatic N) is 1. The third-order valence-corrected chi connectivity index (χ3v) is 5.37. The summed E-state index contributed by atoms with van der Waals surface area (Å²) in [5, 5.41) is 12.7. The molecule has 0 radical (unpaired) electrons. The molecule has 1 aliphatic heterocycles. The van der Waals surface area contributed by atoms with Crippen LogP contribution in [0.1, 0.15) is 39.8 Å². The minimum Gasteiger partial charge on any atom is -0.495 e. The van der Waals surface area contributed by atoms with Gasteiger partial charge in [-0.3, -0.25) is 4.79 Å². The molecular weight excluding hydrogens is 374 g/mol. The summed E-state index contributed by atoms with van der Waals surface area (Å²) in [6.07, 6.45) is 0.626. The Morgan fingerprint density at radius 3 is 2.69 bits per heavy atom. The molecule has 0 aliphatic carbocycles. The van der Waals surface area contributed by atoms with Gasteiger partial charge in [0, 0.05) is 26.1 Å². The van der Waals surface area contributed by atoms with Gasteiger partial charge in [-0.15, -0.1) is 0 Å². The fourth-order valence-corrected chi connectivity index (χ4v) is 3.80. The van der Waals surface area contributed by atoms with E-state index in [4.69, 9.17) is 9.47 Å². The minimum atomic E-state index is -0.676. The lowest BCUT2D eigenvalue weighted by Gasteiger charge is -2.29. The predicted molar refractivity (Wildman–Crippen MR) is 106 cm³/mol. The van der Waals surface area contributed by atoms with Crippen molar-refractivity contribution in [1.82, 2.24) is 14.9 Å². The van der Waals surface area contributed by atoms with Crippen molar-refractivity contribution < 1.29 is 24.2 Å². The van der Waals surface area contributed by atoms with Crippen molar-refractivity contribution in [1.29, 1.82) is 0 Å². The van der Waals surface area contributed by atoms with E-state index in [9.17, 15) is 14.7 Å². The Hall–Kier alpha value is -3.26. The Morgan fingerprint density at radius 2 is 2.07 bits per heavy atom. The first kappa shape index (κ1) is 19.1. The summed E-state index contributed by atoms with van der Waals surface area (Å²) in [5.74, 6) is -0.557. The summed E-state index contributed by atoms with van der Waals surface area (Å²) in [4.78, 5) is 27.8. The van der Waals surface area contributed by atoms with Crippen LogP contribution in [0.3, 0.4) is 0 Å². The molecule has 1 aromatic carbocycles. The summed E-state index contributed by atoms with van der Waals surface area (Å²) >= 11 is 0. The molecule has 0 spiro atoms. The fraction of sp³-hybridized carbons (Fsp3) is 0.333. The van der Waals surface area contributed by atoms with Gasteiger partial charge in [-0.1, -0.05) is 12.1 Å². The Kier molecular flexibility index (Phi) is 4.79. The lowest BCUT2D eigenvalue weighted by Crippen LogP contribution is -2.47. The molecule has 8 nitrogen and oxygen atoms in total. The van der Waals surface area contributed by atoms with Crippen LogP contribution < -0.4 is 5.32 Å². The molecule has 4 rings (SSSR count). The van der Waals surface area contributed by atoms with Gasteiger partial charge in [0.05, 0.1) is 35.3 Å². The summed E-state index contributed by atoms with van der Waals surface area (Å²) in [7, 11) is 1.77. The van der Waals surface area contributed by atoms with Crippen LogP contribution in [0.15, 0.2) is 36.4 Å². The molecular formula is C21H23N3O5. The third kappa shape index (κ3) is 3.36. The van der Waals surface area contributed by atoms with Gasteiger partial charge in [0.2, 0.25) is 0 Å². The summed E-state index contributed by atoms with van der Waals surface area (Å²) in [6, 6.07) is 10.3. The molecule has 1 unspecified atom stereocenters. The molecule has 1 aliphatic rings. The number of hydrogen-bond donors (Lipinski definition) is 3. The Bertz CT molecular complexity index is 1060. The van der Waals surface area contributed by atoms with E-state index in [1.54, 1.807) is 42.8 Å². The number of hydrogen-bond acceptors (Lipinski definition) is 5. The smallest absolute Gasteiger partial charge is 0.338 e. The minimum absolute atomic E-state index is 0.0555. The van der Waals surface area contributed by atoms with Gasteiger partial charge in [-0.25, -0.2) is 4.79 Å². The van der Waals surface area contributed by atoms with Crippen LogP contribution in [0.2, 0.25) is 0 Å². The number of rotatable bonds is 5. The molecule has 1 atom stereocenters. The monoisotopic (exact) mass is 397 g/mol. The lowest BCUT2D eigenvalue weighted by atomic mass is 9.88. The predicted octanol–water partition coefficient (Wildman–Crippen LogP) is 2.43. The van der Waals surface area contributed by atoms with Crippen molar-refractivity contribution in [2.75, 3.05) is 19.8 Å². The molecule has 2 aromatic heterocycles. The van der Waals surface area contributed by atoms with E-state index in [2.05, 4.69) is 10.3 Å². The number of carbonyl (C=O) groups is 2. The van der Waals surface area contributed by atoms with Crippen molar-refractivity contribution in [3.05, 3.63) is 53.2 Å². The number of benzene rings is 1. The summed E-state index contributed by atoms with van der Waals surface area (Å²) < 4.78 is 12.4. The van der Waals surface area contributed by atoms with E-state index in [0.29, 0.717) is 43.0 Å². The average Bonchev–Trinajstić information content (AvgIpc) is 3.39. The summed E-state index contributed by atoms with van der Waals surface area (Å²) in [5.41, 5.74) is 2.56. The second-order valence-electron chi connectivity index (χ2n) is 7.18. The van der Waals surface area contributed by atoms with Crippen molar-refractivity contribution in [3.63, 3.8) is 0 Å². The van der Waals surface area contributed by atoms with E-state index in [1.165, 1.54) is 0 Å². The summed E-state index contributed by atoms with van der Waals surface area (Å²) in [6.45, 7) is 2.96. The van der Waals surface area contributed by atoms with Gasteiger partial charge < -0.3 is 29.4 Å². The normalized spacial score (nSPS) is 18.8. The van der Waals surface area contributed by atoms with Gasteiger partial charge in [0.25, 0.3) is 5.91 Å². The van der Waals surface area contributed by atoms with Crippen molar-refractivity contribution >= 4 is 22.9 Å². The number of aromatic amines is 1. The highest BCUT2D eigenvalue weighted by Crippen LogP contribution is 2.32. The Balaban J connectivity index is 1.61. The van der Waals surface area contributed by atoms with Crippen LogP contribution in [0.25, 0.3) is 11.0 Å². The third-order valence-electron chi connectivity index (χ3n) is 5.37. The van der Waals surface area contributed by atoms with Crippen LogP contribution in [-0.4, -0.2) is 46.4 Å². The lowest BCUT2D eigenvalue weighted by molar-refractivity contribution is 0.0526. The number of amides is 1. The number of aromatic hydroxyl groups is 1. The van der Waals surface area contributed by atoms with E-state index < -0.39 is 5.54 Å². The average molecular weight is 397 g/mol. The molecule has 1 fully saturated rings. The number of fused-ring (bicyclic) bond motifs is 1. The molecule has 3 aromatic rings. The molecule has 1 amide bonds. The zero-order chi connectivity index (χ0) is 20.6. The highest BCUT2D eigenvalue weighted by Gasteiger charge is 2.39. The number of H-pyrrole nitrogens is 1. The van der Waals surface area contributed by atoms with Gasteiger partial charge in [-0.2, -0.15) is 0 Å². The van der Waals surface area contributed by atoms with Crippen molar-refractivity contribution in [2.45, 2.75) is 18.9 Å². The van der Waals surface area contributed by atoms with Crippen molar-refractivity contribution in [2.24, 2.45) is 7.05 Å². The van der Waals surface area contributed by atoms with Gasteiger partial charge >= 0.3 is 5.97 Å². The largest absolute Gasteiger partial charge is 0.495 e. The number of carbonyl (C=O) groups excluding carboxylic acids is 2. The van der Waals surface area contributed by atoms with Crippen LogP contribution >= 0.6 is 0 Å². The second kappa shape index (κ2) is 7.29. The van der Waals surface area contributed by atoms with E-state index in [-0.39, 0.29) is 17.8 Å². The van der Waals surface area contributed by atoms with Gasteiger partial charge in [-0.05, 0) is 30.7 Å². The zero-order valence-electron chi connectivity index (χ0n) is 16.3. The maximum absolute atomic E-state index is 13.1. The highest BCUT2D eigenvalue weighted by molar-refractivity contribution is 5.98. The SMILES string of the molecule is CCOC(=O)c1ccc(C2(NC(=O)c3cc4[nH]c(O)cc4n3C)CCOC2)cc1. The van der Waals surface area contributed by atoms with Crippen LogP contribution in [0, 0.1) is 0 Å². The van der Waals surface area contributed by atoms with Gasteiger partial charge in [0.1, 0.15) is 5.69 Å². The molecule has 0 saturated carbocycles. The van der Waals surface area contributed by atoms with E-state index in [1.807, 2.05) is 12.1 Å². The maximum Gasteiger partial charge on any atom is 0.338 e. The van der Waals surface area contributed by atoms with Gasteiger partial charge in [0.15, 0.2) is 5.88 Å². The Labute approximate surface area is 167 Å². The molecule has 8 heteroatoms. The Morgan fingerprint density at radius 1 is 1.31 bits per heavy atom. The molecule has 152 valence electrons. The molecule has 3 N–H and O–H groups in total. The molecule has 29 heavy (non-hydrogen) atoms. The molecule has 1 saturated heterocycles. The first-order valence-corrected chi connectivity index (χ1v) is 9.49. The highest BCUT2D eigenvalue weighted by atomic mass is 16.5. The van der Waals surface area contributed by atoms with E-state index >= 15 is 0 Å². The molecule has 3 heterocycles. The number of aromatic nitrogens is 2. The number of esters is 1. The number of ether oxygens (including phenoxy) is 2. The number of nitrogens with one attached hydrogen (secondary N) is 2. The fourth-order valence-electron chi connectivity index (χ4n) is 3.80. The topological polar surface area (TPSA) is 106 Å². The van der Waals surface area contributed by atoms with Crippen LogP contribution in [0.4, 0.5) is 0 Å². The second-order valence-corrected chi connectivity index (χ2v) is 7.18. The van der Waals surface area contributed by atoms with Crippen LogP contribution in [-0.2, 0) is 22.1 Å². The maximum atomic E-state index is 13.1. The standard InChI is InChI=1S/C21H23N3O5/c1-3-29-20(27)13-4-6-14(7-5-13)21(8-9-28-12-21)23-19(26)17-10-15-16(24(17)2)11-18(25)22-15/h4-7,10-11,22,25H,3,8-9,12H2,1-2H3,(H,23,26). The zero-order valence-corrected chi connectivity index (χ0v) is 16.3. The van der Waals surface area contributed by atoms with Crippen molar-refractivity contribution in [3.8, 4) is 5.88 Å². The number of aryl methyl sites for hydroxylation is 1. The molecule has 0 bridgehead atoms. The quantitative estimate of drug-likeness (QED) is 0.574.